The van der Waals surface area contributed by atoms with Crippen molar-refractivity contribution < 1.29 is 13.2 Å². The largest absolute Gasteiger partial charge is 0.383 e. The fraction of sp³-hybridized carbons (Fsp3) is 0.727. The highest BCUT2D eigenvalue weighted by atomic mass is 32.2. The van der Waals surface area contributed by atoms with E-state index in [0.29, 0.717) is 25.5 Å². The van der Waals surface area contributed by atoms with Gasteiger partial charge in [-0.05, 0) is 12.8 Å². The van der Waals surface area contributed by atoms with Crippen LogP contribution in [0.5, 0.6) is 0 Å². The molecular formula is C11H21N3O3S. The number of hydrogen-bond acceptors (Lipinski definition) is 4. The minimum Gasteiger partial charge on any atom is -0.383 e. The van der Waals surface area contributed by atoms with Crippen molar-refractivity contribution in [2.75, 3.05) is 26.8 Å². The number of aryl methyl sites for hydroxylation is 1. The molecule has 0 aliphatic carbocycles. The summed E-state index contributed by atoms with van der Waals surface area (Å²) in [5.41, 5.74) is 0. The van der Waals surface area contributed by atoms with Gasteiger partial charge in [0.2, 0.25) is 0 Å². The second-order valence-electron chi connectivity index (χ2n) is 4.58. The van der Waals surface area contributed by atoms with Crippen molar-refractivity contribution in [2.45, 2.75) is 25.8 Å². The van der Waals surface area contributed by atoms with Gasteiger partial charge in [0.15, 0.2) is 5.03 Å². The van der Waals surface area contributed by atoms with E-state index >= 15 is 0 Å². The van der Waals surface area contributed by atoms with Crippen LogP contribution < -0.4 is 0 Å². The third-order valence-corrected chi connectivity index (χ3v) is 4.19. The minimum atomic E-state index is -3.51. The number of rotatable bonds is 7. The van der Waals surface area contributed by atoms with Gasteiger partial charge in [-0.1, -0.05) is 13.8 Å². The summed E-state index contributed by atoms with van der Waals surface area (Å²) in [4.78, 5) is 6.70. The number of aromatic nitrogens is 2. The monoisotopic (exact) mass is 275 g/mol. The summed E-state index contributed by atoms with van der Waals surface area (Å²) in [6.45, 7) is 6.86. The molecule has 0 fully saturated rings. The lowest BCUT2D eigenvalue weighted by Gasteiger charge is -2.22. The number of aromatic amines is 1. The van der Waals surface area contributed by atoms with Crippen LogP contribution in [0, 0.1) is 12.8 Å². The first kappa shape index (κ1) is 15.1. The molecule has 1 rings (SSSR count). The molecule has 0 saturated carbocycles. The molecule has 1 aromatic rings. The SMILES string of the molecule is COCCN(CC(C)C)S(=O)(=O)c1cnc(C)[nH]1. The summed E-state index contributed by atoms with van der Waals surface area (Å²) in [5.74, 6) is 0.838. The Hall–Kier alpha value is -0.920. The number of nitrogens with zero attached hydrogens (tertiary/aromatic N) is 2. The zero-order valence-corrected chi connectivity index (χ0v) is 12.1. The van der Waals surface area contributed by atoms with E-state index in [-0.39, 0.29) is 10.9 Å². The Kier molecular flexibility index (Phi) is 5.30. The van der Waals surface area contributed by atoms with E-state index < -0.39 is 10.0 Å². The number of imidazole rings is 1. The van der Waals surface area contributed by atoms with Crippen molar-refractivity contribution in [1.82, 2.24) is 14.3 Å². The maximum atomic E-state index is 12.4. The molecule has 104 valence electrons. The average Bonchev–Trinajstić information content (AvgIpc) is 2.71. The molecule has 0 atom stereocenters. The second kappa shape index (κ2) is 6.31. The Morgan fingerprint density at radius 3 is 2.61 bits per heavy atom. The van der Waals surface area contributed by atoms with Gasteiger partial charge in [0, 0.05) is 20.2 Å². The van der Waals surface area contributed by atoms with Crippen LogP contribution in [-0.4, -0.2) is 49.5 Å². The zero-order valence-electron chi connectivity index (χ0n) is 11.3. The molecular weight excluding hydrogens is 254 g/mol. The van der Waals surface area contributed by atoms with E-state index in [1.165, 1.54) is 10.5 Å². The van der Waals surface area contributed by atoms with Gasteiger partial charge in [-0.3, -0.25) is 0 Å². The van der Waals surface area contributed by atoms with Gasteiger partial charge >= 0.3 is 0 Å². The molecule has 1 heterocycles. The third kappa shape index (κ3) is 3.79. The van der Waals surface area contributed by atoms with Crippen molar-refractivity contribution in [2.24, 2.45) is 5.92 Å². The van der Waals surface area contributed by atoms with E-state index in [4.69, 9.17) is 4.74 Å². The molecule has 6 nitrogen and oxygen atoms in total. The Bertz CT molecular complexity index is 468. The van der Waals surface area contributed by atoms with Gasteiger partial charge in [0.05, 0.1) is 12.8 Å². The van der Waals surface area contributed by atoms with Gasteiger partial charge in [-0.2, -0.15) is 4.31 Å². The van der Waals surface area contributed by atoms with Crippen LogP contribution in [0.3, 0.4) is 0 Å². The summed E-state index contributed by atoms with van der Waals surface area (Å²) in [7, 11) is -1.96. The molecule has 0 radical (unpaired) electrons. The number of hydrogen-bond donors (Lipinski definition) is 1. The summed E-state index contributed by atoms with van der Waals surface area (Å²) >= 11 is 0. The molecule has 0 aromatic carbocycles. The normalized spacial score (nSPS) is 12.6. The summed E-state index contributed by atoms with van der Waals surface area (Å²) < 4.78 is 31.2. The molecule has 0 saturated heterocycles. The van der Waals surface area contributed by atoms with Gasteiger partial charge in [-0.15, -0.1) is 0 Å². The summed E-state index contributed by atoms with van der Waals surface area (Å²) in [5, 5.41) is 0.136. The van der Waals surface area contributed by atoms with Crippen molar-refractivity contribution in [1.29, 1.82) is 0 Å². The number of sulfonamides is 1. The highest BCUT2D eigenvalue weighted by molar-refractivity contribution is 7.89. The lowest BCUT2D eigenvalue weighted by atomic mass is 10.2. The molecule has 0 spiro atoms. The van der Waals surface area contributed by atoms with Crippen LogP contribution in [0.4, 0.5) is 0 Å². The number of H-pyrrole nitrogens is 1. The lowest BCUT2D eigenvalue weighted by Crippen LogP contribution is -2.36. The van der Waals surface area contributed by atoms with Crippen molar-refractivity contribution in [3.8, 4) is 0 Å². The molecule has 1 N–H and O–H groups in total. The van der Waals surface area contributed by atoms with E-state index in [1.54, 1.807) is 14.0 Å². The van der Waals surface area contributed by atoms with E-state index in [9.17, 15) is 8.42 Å². The first-order valence-corrected chi connectivity index (χ1v) is 7.32. The fourth-order valence-corrected chi connectivity index (χ4v) is 3.13. The Morgan fingerprint density at radius 1 is 1.50 bits per heavy atom. The van der Waals surface area contributed by atoms with Crippen molar-refractivity contribution >= 4 is 10.0 Å². The standard InChI is InChI=1S/C11H21N3O3S/c1-9(2)8-14(5-6-17-4)18(15,16)11-7-12-10(3)13-11/h7,9H,5-6,8H2,1-4H3,(H,12,13). The molecule has 0 aliphatic heterocycles. The third-order valence-electron chi connectivity index (χ3n) is 2.41. The van der Waals surface area contributed by atoms with Gasteiger partial charge < -0.3 is 9.72 Å². The topological polar surface area (TPSA) is 75.3 Å². The molecule has 1 aromatic heterocycles. The van der Waals surface area contributed by atoms with E-state index in [0.717, 1.165) is 0 Å². The van der Waals surface area contributed by atoms with Crippen LogP contribution in [0.1, 0.15) is 19.7 Å². The number of nitrogens with one attached hydrogen (secondary N) is 1. The maximum absolute atomic E-state index is 12.4. The number of ether oxygens (including phenoxy) is 1. The van der Waals surface area contributed by atoms with E-state index in [2.05, 4.69) is 9.97 Å². The molecule has 7 heteroatoms. The summed E-state index contributed by atoms with van der Waals surface area (Å²) in [6, 6.07) is 0. The predicted molar refractivity (Wildman–Crippen MR) is 68.8 cm³/mol. The minimum absolute atomic E-state index is 0.136. The number of methoxy groups -OCH3 is 1. The van der Waals surface area contributed by atoms with Crippen molar-refractivity contribution in [3.05, 3.63) is 12.0 Å². The Labute approximate surface area is 108 Å². The van der Waals surface area contributed by atoms with E-state index in [1.807, 2.05) is 13.8 Å². The van der Waals surface area contributed by atoms with Crippen LogP contribution in [0.25, 0.3) is 0 Å². The van der Waals surface area contributed by atoms with Gasteiger partial charge in [-0.25, -0.2) is 13.4 Å². The first-order valence-electron chi connectivity index (χ1n) is 5.88. The molecule has 0 aliphatic rings. The predicted octanol–water partition coefficient (Wildman–Crippen LogP) is 1.01. The quantitative estimate of drug-likeness (QED) is 0.806. The highest BCUT2D eigenvalue weighted by Gasteiger charge is 2.26. The summed E-state index contributed by atoms with van der Waals surface area (Å²) in [6.07, 6.45) is 1.35. The Morgan fingerprint density at radius 2 is 2.17 bits per heavy atom. The first-order chi connectivity index (χ1) is 8.37. The molecule has 18 heavy (non-hydrogen) atoms. The van der Waals surface area contributed by atoms with Crippen molar-refractivity contribution in [3.63, 3.8) is 0 Å². The second-order valence-corrected chi connectivity index (χ2v) is 6.49. The molecule has 0 unspecified atom stereocenters. The van der Waals surface area contributed by atoms with Gasteiger partial charge in [0.1, 0.15) is 5.82 Å². The molecule has 0 amide bonds. The van der Waals surface area contributed by atoms with Crippen LogP contribution in [0.2, 0.25) is 0 Å². The highest BCUT2D eigenvalue weighted by Crippen LogP contribution is 2.14. The smallest absolute Gasteiger partial charge is 0.260 e. The average molecular weight is 275 g/mol. The van der Waals surface area contributed by atoms with Crippen LogP contribution in [-0.2, 0) is 14.8 Å². The van der Waals surface area contributed by atoms with Gasteiger partial charge in [0.25, 0.3) is 10.0 Å². The van der Waals surface area contributed by atoms with Crippen LogP contribution >= 0.6 is 0 Å². The fourth-order valence-electron chi connectivity index (χ4n) is 1.58. The molecule has 0 bridgehead atoms. The van der Waals surface area contributed by atoms with Crippen LogP contribution in [0.15, 0.2) is 11.2 Å². The zero-order chi connectivity index (χ0) is 13.8. The maximum Gasteiger partial charge on any atom is 0.260 e. The Balaban J connectivity index is 2.95. The lowest BCUT2D eigenvalue weighted by molar-refractivity contribution is 0.175.